The van der Waals surface area contributed by atoms with E-state index in [2.05, 4.69) is 29.3 Å². The summed E-state index contributed by atoms with van der Waals surface area (Å²) in [5.41, 5.74) is 2.67. The predicted octanol–water partition coefficient (Wildman–Crippen LogP) is -0.957. The van der Waals surface area contributed by atoms with Gasteiger partial charge in [-0.3, -0.25) is 10.7 Å². The van der Waals surface area contributed by atoms with Gasteiger partial charge in [0.15, 0.2) is 0 Å². The van der Waals surface area contributed by atoms with Crippen LogP contribution in [0.1, 0.15) is 6.42 Å². The fourth-order valence-electron chi connectivity index (χ4n) is 1.54. The summed E-state index contributed by atoms with van der Waals surface area (Å²) in [6, 6.07) is 0.677. The van der Waals surface area contributed by atoms with Gasteiger partial charge in [0.25, 0.3) is 0 Å². The number of nitrogens with zero attached hydrogens (tertiary/aromatic N) is 2. The summed E-state index contributed by atoms with van der Waals surface area (Å²) in [5.74, 6) is 5.23. The van der Waals surface area contributed by atoms with Crippen molar-refractivity contribution in [1.82, 2.24) is 15.2 Å². The number of rotatable bonds is 3. The van der Waals surface area contributed by atoms with Crippen LogP contribution in [0, 0.1) is 0 Å². The summed E-state index contributed by atoms with van der Waals surface area (Å²) in [4.78, 5) is 4.60. The standard InChI is InChI=1S/C7H18N4/c1-10-4-3-7(5-10)11(2)6-9-8/h7,9H,3-6,8H2,1-2H3. The summed E-state index contributed by atoms with van der Waals surface area (Å²) in [5, 5.41) is 0. The van der Waals surface area contributed by atoms with Crippen LogP contribution in [0.4, 0.5) is 0 Å². The van der Waals surface area contributed by atoms with Crippen molar-refractivity contribution in [3.8, 4) is 0 Å². The lowest BCUT2D eigenvalue weighted by Gasteiger charge is -2.23. The molecule has 1 fully saturated rings. The second-order valence-corrected chi connectivity index (χ2v) is 3.32. The predicted molar refractivity (Wildman–Crippen MR) is 45.9 cm³/mol. The molecule has 0 saturated carbocycles. The Morgan fingerprint density at radius 3 is 2.91 bits per heavy atom. The van der Waals surface area contributed by atoms with E-state index in [1.165, 1.54) is 13.0 Å². The first kappa shape index (κ1) is 8.93. The molecule has 4 heteroatoms. The lowest BCUT2D eigenvalue weighted by Crippen LogP contribution is -2.42. The minimum atomic E-state index is 0.677. The maximum atomic E-state index is 5.23. The zero-order valence-corrected chi connectivity index (χ0v) is 7.38. The van der Waals surface area contributed by atoms with E-state index in [1.807, 2.05) is 0 Å². The minimum Gasteiger partial charge on any atom is -0.305 e. The second-order valence-electron chi connectivity index (χ2n) is 3.32. The van der Waals surface area contributed by atoms with Crippen molar-refractivity contribution in [3.63, 3.8) is 0 Å². The Kier molecular flexibility index (Phi) is 3.26. The van der Waals surface area contributed by atoms with Crippen LogP contribution in [-0.2, 0) is 0 Å². The van der Waals surface area contributed by atoms with Crippen molar-refractivity contribution in [1.29, 1.82) is 0 Å². The van der Waals surface area contributed by atoms with Crippen molar-refractivity contribution in [2.45, 2.75) is 12.5 Å². The van der Waals surface area contributed by atoms with Gasteiger partial charge in [-0.25, -0.2) is 5.43 Å². The van der Waals surface area contributed by atoms with E-state index in [1.54, 1.807) is 0 Å². The lowest BCUT2D eigenvalue weighted by molar-refractivity contribution is 0.226. The van der Waals surface area contributed by atoms with Crippen LogP contribution < -0.4 is 11.3 Å². The van der Waals surface area contributed by atoms with Crippen LogP contribution in [0.15, 0.2) is 0 Å². The number of hydrogen-bond donors (Lipinski definition) is 2. The average Bonchev–Trinajstić information content (AvgIpc) is 2.36. The highest BCUT2D eigenvalue weighted by atomic mass is 15.4. The molecular weight excluding hydrogens is 140 g/mol. The highest BCUT2D eigenvalue weighted by Crippen LogP contribution is 2.10. The fraction of sp³-hybridized carbons (Fsp3) is 1.00. The molecule has 0 aromatic rings. The molecule has 1 atom stereocenters. The Labute approximate surface area is 68.3 Å². The summed E-state index contributed by atoms with van der Waals surface area (Å²) in [6.45, 7) is 3.15. The molecule has 0 radical (unpaired) electrons. The molecule has 0 spiro atoms. The van der Waals surface area contributed by atoms with Crippen molar-refractivity contribution in [2.75, 3.05) is 33.9 Å². The quantitative estimate of drug-likeness (QED) is 0.315. The van der Waals surface area contributed by atoms with Gasteiger partial charge in [0.2, 0.25) is 0 Å². The van der Waals surface area contributed by atoms with Gasteiger partial charge in [-0.2, -0.15) is 0 Å². The smallest absolute Gasteiger partial charge is 0.0612 e. The molecular formula is C7H18N4. The molecule has 0 amide bonds. The van der Waals surface area contributed by atoms with Gasteiger partial charge in [-0.15, -0.1) is 0 Å². The van der Waals surface area contributed by atoms with Crippen LogP contribution in [-0.4, -0.2) is 49.7 Å². The maximum absolute atomic E-state index is 5.23. The molecule has 0 aliphatic carbocycles. The lowest BCUT2D eigenvalue weighted by atomic mass is 10.2. The van der Waals surface area contributed by atoms with Gasteiger partial charge in [-0.05, 0) is 27.1 Å². The normalized spacial score (nSPS) is 26.7. The van der Waals surface area contributed by atoms with E-state index in [4.69, 9.17) is 5.84 Å². The summed E-state index contributed by atoms with van der Waals surface area (Å²) in [7, 11) is 4.26. The molecule has 0 aromatic carbocycles. The summed E-state index contributed by atoms with van der Waals surface area (Å²) >= 11 is 0. The SMILES string of the molecule is CN1CCC(N(C)CNN)C1. The Balaban J connectivity index is 2.25. The molecule has 1 aliphatic rings. The first-order valence-corrected chi connectivity index (χ1v) is 4.06. The van der Waals surface area contributed by atoms with Gasteiger partial charge < -0.3 is 4.90 Å². The number of hydrogen-bond acceptors (Lipinski definition) is 4. The Hall–Kier alpha value is -0.160. The van der Waals surface area contributed by atoms with Crippen molar-refractivity contribution in [3.05, 3.63) is 0 Å². The Morgan fingerprint density at radius 1 is 1.73 bits per heavy atom. The molecule has 66 valence electrons. The van der Waals surface area contributed by atoms with Gasteiger partial charge in [0, 0.05) is 12.6 Å². The maximum Gasteiger partial charge on any atom is 0.0612 e. The second kappa shape index (κ2) is 4.01. The number of likely N-dealkylation sites (tertiary alicyclic amines) is 1. The number of nitrogens with one attached hydrogen (secondary N) is 1. The molecule has 4 nitrogen and oxygen atoms in total. The zero-order chi connectivity index (χ0) is 8.27. The third kappa shape index (κ3) is 2.41. The Bertz CT molecular complexity index is 117. The van der Waals surface area contributed by atoms with Crippen LogP contribution in [0.5, 0.6) is 0 Å². The Morgan fingerprint density at radius 2 is 2.45 bits per heavy atom. The van der Waals surface area contributed by atoms with Crippen molar-refractivity contribution < 1.29 is 0 Å². The third-order valence-corrected chi connectivity index (χ3v) is 2.33. The summed E-state index contributed by atoms with van der Waals surface area (Å²) < 4.78 is 0. The van der Waals surface area contributed by atoms with Crippen LogP contribution in [0.3, 0.4) is 0 Å². The number of likely N-dealkylation sites (N-methyl/N-ethyl adjacent to an activating group) is 2. The van der Waals surface area contributed by atoms with Crippen molar-refractivity contribution in [2.24, 2.45) is 5.84 Å². The third-order valence-electron chi connectivity index (χ3n) is 2.33. The molecule has 0 bridgehead atoms. The van der Waals surface area contributed by atoms with E-state index in [9.17, 15) is 0 Å². The molecule has 1 saturated heterocycles. The minimum absolute atomic E-state index is 0.677. The van der Waals surface area contributed by atoms with E-state index >= 15 is 0 Å². The zero-order valence-electron chi connectivity index (χ0n) is 7.38. The van der Waals surface area contributed by atoms with Gasteiger partial charge >= 0.3 is 0 Å². The fourth-order valence-corrected chi connectivity index (χ4v) is 1.54. The highest BCUT2D eigenvalue weighted by molar-refractivity contribution is 4.79. The van der Waals surface area contributed by atoms with E-state index in [0.717, 1.165) is 13.2 Å². The van der Waals surface area contributed by atoms with E-state index in [-0.39, 0.29) is 0 Å². The van der Waals surface area contributed by atoms with E-state index in [0.29, 0.717) is 6.04 Å². The molecule has 1 rings (SSSR count). The highest BCUT2D eigenvalue weighted by Gasteiger charge is 2.22. The molecule has 0 aromatic heterocycles. The van der Waals surface area contributed by atoms with Crippen LogP contribution in [0.25, 0.3) is 0 Å². The van der Waals surface area contributed by atoms with Gasteiger partial charge in [-0.1, -0.05) is 0 Å². The van der Waals surface area contributed by atoms with Gasteiger partial charge in [0.1, 0.15) is 0 Å². The molecule has 1 heterocycles. The average molecular weight is 158 g/mol. The molecule has 3 N–H and O–H groups in total. The van der Waals surface area contributed by atoms with E-state index < -0.39 is 0 Å². The first-order valence-electron chi connectivity index (χ1n) is 4.06. The van der Waals surface area contributed by atoms with Gasteiger partial charge in [0.05, 0.1) is 6.67 Å². The first-order chi connectivity index (χ1) is 5.24. The molecule has 11 heavy (non-hydrogen) atoms. The monoisotopic (exact) mass is 158 g/mol. The largest absolute Gasteiger partial charge is 0.305 e. The number of nitrogens with two attached hydrogens (primary N) is 1. The summed E-state index contributed by atoms with van der Waals surface area (Å²) in [6.07, 6.45) is 1.26. The van der Waals surface area contributed by atoms with Crippen molar-refractivity contribution >= 4 is 0 Å². The molecule has 1 aliphatic heterocycles. The molecule has 1 unspecified atom stereocenters. The number of hydrazine groups is 1. The van der Waals surface area contributed by atoms with Crippen LogP contribution >= 0.6 is 0 Å². The van der Waals surface area contributed by atoms with Crippen LogP contribution in [0.2, 0.25) is 0 Å². The topological polar surface area (TPSA) is 44.5 Å².